The Bertz CT molecular complexity index is 1090. The summed E-state index contributed by atoms with van der Waals surface area (Å²) in [5, 5.41) is 11.0. The molecule has 34 heavy (non-hydrogen) atoms. The summed E-state index contributed by atoms with van der Waals surface area (Å²) in [6.07, 6.45) is 3.05. The van der Waals surface area contributed by atoms with Crippen LogP contribution in [0.3, 0.4) is 0 Å². The van der Waals surface area contributed by atoms with Gasteiger partial charge in [0.2, 0.25) is 0 Å². The molecule has 3 N–H and O–H groups in total. The van der Waals surface area contributed by atoms with E-state index in [-0.39, 0.29) is 21.0 Å². The van der Waals surface area contributed by atoms with E-state index in [0.29, 0.717) is 35.1 Å². The molecule has 0 aromatic heterocycles. The molecule has 0 heterocycles. The molecule has 0 bridgehead atoms. The van der Waals surface area contributed by atoms with Gasteiger partial charge < -0.3 is 15.6 Å². The molecule has 3 rings (SSSR count). The van der Waals surface area contributed by atoms with Gasteiger partial charge in [-0.25, -0.2) is 4.57 Å². The second-order valence-corrected chi connectivity index (χ2v) is 10.1. The number of aryl methyl sites for hydroxylation is 1. The third-order valence-corrected chi connectivity index (χ3v) is 7.10. The highest BCUT2D eigenvalue weighted by Gasteiger charge is 2.25. The van der Waals surface area contributed by atoms with Crippen molar-refractivity contribution in [1.82, 2.24) is 0 Å². The van der Waals surface area contributed by atoms with Crippen LogP contribution in [0.4, 0.5) is 0 Å². The Hall–Kier alpha value is -2.08. The highest BCUT2D eigenvalue weighted by atomic mass is 35.5. The first-order valence-electron chi connectivity index (χ1n) is 11.1. The molecule has 8 heteroatoms. The fourth-order valence-electron chi connectivity index (χ4n) is 3.63. The van der Waals surface area contributed by atoms with Gasteiger partial charge in [-0.3, -0.25) is 4.52 Å². The molecule has 0 unspecified atom stereocenters. The summed E-state index contributed by atoms with van der Waals surface area (Å²) in [5.74, 6) is 0.865. The Balaban J connectivity index is 1.65. The zero-order valence-electron chi connectivity index (χ0n) is 19.1. The minimum absolute atomic E-state index is 0.183. The average molecular weight is 518 g/mol. The van der Waals surface area contributed by atoms with Crippen LogP contribution in [0.1, 0.15) is 37.3 Å². The normalized spacial score (nSPS) is 13.0. The first-order chi connectivity index (χ1) is 16.4. The zero-order chi connectivity index (χ0) is 24.4. The Morgan fingerprint density at radius 3 is 2.59 bits per heavy atom. The topological polar surface area (TPSA) is 81.8 Å². The van der Waals surface area contributed by atoms with Crippen molar-refractivity contribution in [2.24, 2.45) is 5.73 Å². The molecule has 3 aromatic carbocycles. The third kappa shape index (κ3) is 8.00. The van der Waals surface area contributed by atoms with Crippen LogP contribution in [0.15, 0.2) is 76.5 Å². The lowest BCUT2D eigenvalue weighted by molar-refractivity contribution is 0.211. The lowest BCUT2D eigenvalue weighted by Gasteiger charge is -2.28. The Morgan fingerprint density at radius 2 is 1.88 bits per heavy atom. The summed E-state index contributed by atoms with van der Waals surface area (Å²) in [6.45, 7) is 2.75. The molecule has 5 nitrogen and oxygen atoms in total. The van der Waals surface area contributed by atoms with Crippen LogP contribution in [0.2, 0.25) is 5.02 Å². The van der Waals surface area contributed by atoms with Crippen molar-refractivity contribution in [2.75, 3.05) is 6.61 Å². The molecule has 0 aliphatic rings. The van der Waals surface area contributed by atoms with E-state index in [4.69, 9.17) is 26.6 Å². The maximum Gasteiger partial charge on any atom is 0.327 e. The average Bonchev–Trinajstić information content (AvgIpc) is 2.84. The second-order valence-electron chi connectivity index (χ2n) is 8.22. The number of aromatic hydroxyl groups is 1. The number of benzene rings is 3. The van der Waals surface area contributed by atoms with Crippen LogP contribution in [0, 0.1) is 0 Å². The summed E-state index contributed by atoms with van der Waals surface area (Å²) in [4.78, 5) is 1.59. The number of halogens is 1. The maximum atomic E-state index is 10.7. The number of hydrogen-bond donors (Lipinski definition) is 2. The predicted octanol–water partition coefficient (Wildman–Crippen LogP) is 7.43. The highest BCUT2D eigenvalue weighted by Crippen LogP contribution is 2.38. The highest BCUT2D eigenvalue weighted by molar-refractivity contribution is 7.99. The van der Waals surface area contributed by atoms with Gasteiger partial charge in [-0.1, -0.05) is 73.1 Å². The minimum Gasteiger partial charge on any atom is -0.507 e. The number of ether oxygens (including phenoxy) is 1. The fraction of sp³-hybridized carbons (Fsp3) is 0.308. The Kier molecular flexibility index (Phi) is 10.2. The van der Waals surface area contributed by atoms with Crippen molar-refractivity contribution in [3.63, 3.8) is 0 Å². The van der Waals surface area contributed by atoms with E-state index in [2.05, 4.69) is 6.92 Å². The predicted molar refractivity (Wildman–Crippen MR) is 138 cm³/mol. The van der Waals surface area contributed by atoms with E-state index in [0.717, 1.165) is 28.9 Å². The van der Waals surface area contributed by atoms with Gasteiger partial charge in [0, 0.05) is 15.5 Å². The molecule has 0 saturated heterocycles. The fourth-order valence-corrected chi connectivity index (χ4v) is 5.20. The molecule has 0 saturated carbocycles. The van der Waals surface area contributed by atoms with Gasteiger partial charge in [0.05, 0.1) is 11.5 Å². The molecular formula is C26H29ClNO4PS. The Labute approximate surface area is 211 Å². The smallest absolute Gasteiger partial charge is 0.327 e. The van der Waals surface area contributed by atoms with E-state index in [1.54, 1.807) is 12.1 Å². The molecular weight excluding hydrogens is 489 g/mol. The number of rotatable bonds is 13. The van der Waals surface area contributed by atoms with Gasteiger partial charge in [-0.15, -0.1) is 0 Å². The summed E-state index contributed by atoms with van der Waals surface area (Å²) in [5.41, 5.74) is 7.98. The van der Waals surface area contributed by atoms with Crippen LogP contribution in [-0.2, 0) is 22.1 Å². The van der Waals surface area contributed by atoms with Gasteiger partial charge in [0.15, 0.2) is 0 Å². The molecule has 0 spiro atoms. The number of phenols is 1. The van der Waals surface area contributed by atoms with Gasteiger partial charge in [0.25, 0.3) is 0 Å². The van der Waals surface area contributed by atoms with E-state index >= 15 is 0 Å². The van der Waals surface area contributed by atoms with Crippen molar-refractivity contribution in [3.05, 3.63) is 82.9 Å². The van der Waals surface area contributed by atoms with E-state index in [1.165, 1.54) is 11.8 Å². The largest absolute Gasteiger partial charge is 0.507 e. The minimum atomic E-state index is -0.547. The van der Waals surface area contributed by atoms with E-state index in [9.17, 15) is 9.67 Å². The molecule has 0 amide bonds. The van der Waals surface area contributed by atoms with Gasteiger partial charge in [-0.05, 0) is 60.7 Å². The van der Waals surface area contributed by atoms with Gasteiger partial charge in [-0.2, -0.15) is 0 Å². The number of phenolic OH excluding ortho intramolecular Hbond substituents is 1. The van der Waals surface area contributed by atoms with Crippen LogP contribution < -0.4 is 10.5 Å². The Morgan fingerprint density at radius 1 is 1.09 bits per heavy atom. The van der Waals surface area contributed by atoms with Crippen LogP contribution >= 0.6 is 32.0 Å². The van der Waals surface area contributed by atoms with Crippen LogP contribution in [0.5, 0.6) is 11.5 Å². The molecule has 0 aliphatic carbocycles. The standard InChI is InChI=1S/C26H29ClNO4PS/c1-2-13-26(28,18-32-33-30)14-12-20-8-10-22(16-23(20)27)34-25-15-21(9-11-24(25)29)31-17-19-6-4-3-5-7-19/h3-11,15-16,29H,2,12-14,17-18,28H2,1H3/t26-/m0/s1. The molecule has 0 radical (unpaired) electrons. The van der Waals surface area contributed by atoms with E-state index < -0.39 is 5.54 Å². The molecule has 180 valence electrons. The SMILES string of the molecule is CCC[C@](N)(CCc1ccc(Sc2cc(OCc3ccccc3)ccc2O)cc1Cl)COP=O. The van der Waals surface area contributed by atoms with Crippen molar-refractivity contribution in [1.29, 1.82) is 0 Å². The molecule has 1 atom stereocenters. The molecule has 3 aromatic rings. The van der Waals surface area contributed by atoms with Crippen LogP contribution in [0.25, 0.3) is 0 Å². The van der Waals surface area contributed by atoms with Crippen molar-refractivity contribution in [3.8, 4) is 11.5 Å². The third-order valence-electron chi connectivity index (χ3n) is 5.48. The first kappa shape index (κ1) is 26.5. The van der Waals surface area contributed by atoms with Gasteiger partial charge >= 0.3 is 8.69 Å². The maximum absolute atomic E-state index is 10.7. The first-order valence-corrected chi connectivity index (χ1v) is 13.0. The monoisotopic (exact) mass is 517 g/mol. The van der Waals surface area contributed by atoms with Gasteiger partial charge in [0.1, 0.15) is 18.1 Å². The van der Waals surface area contributed by atoms with Crippen molar-refractivity contribution >= 4 is 32.0 Å². The molecule has 0 fully saturated rings. The summed E-state index contributed by atoms with van der Waals surface area (Å²) >= 11 is 7.99. The second kappa shape index (κ2) is 13.1. The molecule has 0 aliphatic heterocycles. The zero-order valence-corrected chi connectivity index (χ0v) is 21.5. The van der Waals surface area contributed by atoms with Crippen molar-refractivity contribution in [2.45, 2.75) is 54.5 Å². The summed E-state index contributed by atoms with van der Waals surface area (Å²) in [7, 11) is -0.356. The summed E-state index contributed by atoms with van der Waals surface area (Å²) in [6, 6.07) is 21.0. The number of nitrogens with two attached hydrogens (primary N) is 1. The van der Waals surface area contributed by atoms with Crippen molar-refractivity contribution < 1.29 is 18.9 Å². The van der Waals surface area contributed by atoms with Crippen LogP contribution in [-0.4, -0.2) is 17.3 Å². The lowest BCUT2D eigenvalue weighted by Crippen LogP contribution is -2.44. The summed E-state index contributed by atoms with van der Waals surface area (Å²) < 4.78 is 21.6. The quantitative estimate of drug-likeness (QED) is 0.229. The number of hydrogen-bond acceptors (Lipinski definition) is 6. The lowest BCUT2D eigenvalue weighted by atomic mass is 9.89. The van der Waals surface area contributed by atoms with E-state index in [1.807, 2.05) is 54.6 Å².